The van der Waals surface area contributed by atoms with Crippen molar-refractivity contribution in [1.82, 2.24) is 23.6 Å². The molecule has 4 heterocycles. The van der Waals surface area contributed by atoms with Crippen LogP contribution in [0, 0.1) is 5.92 Å². The van der Waals surface area contributed by atoms with E-state index in [1.807, 2.05) is 28.8 Å². The lowest BCUT2D eigenvalue weighted by molar-refractivity contribution is 0.218. The first-order chi connectivity index (χ1) is 15.4. The van der Waals surface area contributed by atoms with Crippen LogP contribution in [0.25, 0.3) is 11.2 Å². The molecule has 5 rings (SSSR count). The van der Waals surface area contributed by atoms with E-state index in [0.29, 0.717) is 41.1 Å². The average molecular weight is 457 g/mol. The van der Waals surface area contributed by atoms with Gasteiger partial charge in [0.15, 0.2) is 11.2 Å². The molecule has 1 saturated heterocycles. The number of hydrogen-bond donors (Lipinski definition) is 0. The van der Waals surface area contributed by atoms with E-state index in [2.05, 4.69) is 16.7 Å². The van der Waals surface area contributed by atoms with Gasteiger partial charge in [0.05, 0.1) is 0 Å². The SMILES string of the molecule is C[C@@H]1CN(c2ccc(Cl)cc2)c2nc3c(c(=O)n(CCN4CCCCC4)c(=O)n3C)n2C1. The van der Waals surface area contributed by atoms with Gasteiger partial charge in [0.25, 0.3) is 5.56 Å². The first-order valence-electron chi connectivity index (χ1n) is 11.4. The quantitative estimate of drug-likeness (QED) is 0.604. The molecule has 0 radical (unpaired) electrons. The second-order valence-electron chi connectivity index (χ2n) is 9.09. The first-order valence-corrected chi connectivity index (χ1v) is 11.8. The van der Waals surface area contributed by atoms with Crippen LogP contribution in [0.2, 0.25) is 5.02 Å². The van der Waals surface area contributed by atoms with Gasteiger partial charge in [0.1, 0.15) is 0 Å². The maximum absolute atomic E-state index is 13.5. The average Bonchev–Trinajstić information content (AvgIpc) is 3.18. The van der Waals surface area contributed by atoms with Crippen LogP contribution in [0.3, 0.4) is 0 Å². The number of rotatable bonds is 4. The molecule has 2 aliphatic heterocycles. The summed E-state index contributed by atoms with van der Waals surface area (Å²) in [5.41, 5.74) is 1.36. The predicted octanol–water partition coefficient (Wildman–Crippen LogP) is 2.82. The van der Waals surface area contributed by atoms with Gasteiger partial charge in [0, 0.05) is 43.9 Å². The Morgan fingerprint density at radius 3 is 2.47 bits per heavy atom. The highest BCUT2D eigenvalue weighted by molar-refractivity contribution is 6.30. The zero-order valence-electron chi connectivity index (χ0n) is 18.6. The standard InChI is InChI=1S/C23H29ClN6O2/c1-16-14-29(18-8-6-17(24)7-9-18)22-25-20-19(30(22)15-16)21(31)28(23(32)26(20)2)13-12-27-10-4-3-5-11-27/h6-9,16H,3-5,10-15H2,1-2H3/t16-/m1/s1. The maximum Gasteiger partial charge on any atom is 0.332 e. The summed E-state index contributed by atoms with van der Waals surface area (Å²) in [5, 5.41) is 0.672. The Hall–Kier alpha value is -2.58. The lowest BCUT2D eigenvalue weighted by atomic mass is 10.1. The molecule has 1 fully saturated rings. The van der Waals surface area contributed by atoms with Crippen LogP contribution in [0.4, 0.5) is 11.6 Å². The second-order valence-corrected chi connectivity index (χ2v) is 9.52. The van der Waals surface area contributed by atoms with Crippen LogP contribution < -0.4 is 16.1 Å². The van der Waals surface area contributed by atoms with Gasteiger partial charge in [-0.25, -0.2) is 4.79 Å². The van der Waals surface area contributed by atoms with E-state index in [9.17, 15) is 9.59 Å². The number of likely N-dealkylation sites (tertiary alicyclic amines) is 1. The molecule has 32 heavy (non-hydrogen) atoms. The fraction of sp³-hybridized carbons (Fsp3) is 0.522. The van der Waals surface area contributed by atoms with E-state index in [0.717, 1.165) is 31.9 Å². The second kappa shape index (κ2) is 8.41. The van der Waals surface area contributed by atoms with Gasteiger partial charge in [0.2, 0.25) is 5.95 Å². The molecule has 0 amide bonds. The minimum Gasteiger partial charge on any atom is -0.312 e. The summed E-state index contributed by atoms with van der Waals surface area (Å²) in [7, 11) is 1.70. The summed E-state index contributed by atoms with van der Waals surface area (Å²) in [5.74, 6) is 1.01. The molecule has 1 atom stereocenters. The van der Waals surface area contributed by atoms with Crippen LogP contribution >= 0.6 is 11.6 Å². The minimum absolute atomic E-state index is 0.246. The third-order valence-corrected chi connectivity index (χ3v) is 6.92. The molecule has 0 N–H and O–H groups in total. The minimum atomic E-state index is -0.305. The highest BCUT2D eigenvalue weighted by Gasteiger charge is 2.30. The molecule has 0 spiro atoms. The summed E-state index contributed by atoms with van der Waals surface area (Å²) in [6, 6.07) is 7.62. The molecule has 0 bridgehead atoms. The molecule has 1 aromatic carbocycles. The highest BCUT2D eigenvalue weighted by atomic mass is 35.5. The highest BCUT2D eigenvalue weighted by Crippen LogP contribution is 2.33. The summed E-state index contributed by atoms with van der Waals surface area (Å²) >= 11 is 6.08. The van der Waals surface area contributed by atoms with Crippen LogP contribution in [-0.2, 0) is 20.1 Å². The van der Waals surface area contributed by atoms with Gasteiger partial charge in [-0.2, -0.15) is 4.98 Å². The first kappa shape index (κ1) is 21.3. The Balaban J connectivity index is 1.60. The van der Waals surface area contributed by atoms with Crippen LogP contribution in [0.5, 0.6) is 0 Å². The van der Waals surface area contributed by atoms with Crippen LogP contribution in [0.15, 0.2) is 33.9 Å². The number of aromatic nitrogens is 4. The normalized spacial score (nSPS) is 19.5. The third kappa shape index (κ3) is 3.65. The number of hydrogen-bond acceptors (Lipinski definition) is 5. The van der Waals surface area contributed by atoms with Gasteiger partial charge in [-0.15, -0.1) is 0 Å². The van der Waals surface area contributed by atoms with Crippen molar-refractivity contribution in [3.63, 3.8) is 0 Å². The topological polar surface area (TPSA) is 68.3 Å². The molecule has 8 nitrogen and oxygen atoms in total. The molecule has 0 unspecified atom stereocenters. The van der Waals surface area contributed by atoms with E-state index in [1.54, 1.807) is 7.05 Å². The van der Waals surface area contributed by atoms with Gasteiger partial charge in [-0.3, -0.25) is 13.9 Å². The van der Waals surface area contributed by atoms with Crippen molar-refractivity contribution in [3.05, 3.63) is 50.1 Å². The van der Waals surface area contributed by atoms with E-state index >= 15 is 0 Å². The van der Waals surface area contributed by atoms with Crippen molar-refractivity contribution in [3.8, 4) is 0 Å². The number of aryl methyl sites for hydroxylation is 1. The Morgan fingerprint density at radius 1 is 1.03 bits per heavy atom. The van der Waals surface area contributed by atoms with Crippen molar-refractivity contribution in [2.24, 2.45) is 13.0 Å². The number of nitrogens with zero attached hydrogens (tertiary/aromatic N) is 6. The number of halogens is 1. The van der Waals surface area contributed by atoms with Crippen molar-refractivity contribution in [2.75, 3.05) is 31.1 Å². The van der Waals surface area contributed by atoms with Crippen molar-refractivity contribution in [2.45, 2.75) is 39.3 Å². The largest absolute Gasteiger partial charge is 0.332 e. The van der Waals surface area contributed by atoms with Gasteiger partial charge in [-0.1, -0.05) is 24.9 Å². The van der Waals surface area contributed by atoms with Gasteiger partial charge in [-0.05, 0) is 56.1 Å². The van der Waals surface area contributed by atoms with Crippen molar-refractivity contribution >= 4 is 34.4 Å². The Kier molecular flexibility index (Phi) is 5.59. The molecule has 9 heteroatoms. The summed E-state index contributed by atoms with van der Waals surface area (Å²) in [4.78, 5) is 35.8. The van der Waals surface area contributed by atoms with Crippen molar-refractivity contribution < 1.29 is 0 Å². The number of piperidine rings is 1. The predicted molar refractivity (Wildman–Crippen MR) is 127 cm³/mol. The molecule has 0 aliphatic carbocycles. The fourth-order valence-electron chi connectivity index (χ4n) is 4.97. The lowest BCUT2D eigenvalue weighted by Crippen LogP contribution is -2.43. The van der Waals surface area contributed by atoms with E-state index in [1.165, 1.54) is 28.4 Å². The zero-order chi connectivity index (χ0) is 22.4. The van der Waals surface area contributed by atoms with Crippen molar-refractivity contribution in [1.29, 1.82) is 0 Å². The number of imidazole rings is 1. The van der Waals surface area contributed by atoms with Crippen LogP contribution in [0.1, 0.15) is 26.2 Å². The van der Waals surface area contributed by atoms with Gasteiger partial charge < -0.3 is 14.4 Å². The Bertz CT molecular complexity index is 1250. The molecular formula is C23H29ClN6O2. The van der Waals surface area contributed by atoms with Gasteiger partial charge >= 0.3 is 5.69 Å². The molecule has 3 aromatic rings. The summed E-state index contributed by atoms with van der Waals surface area (Å²) in [6.07, 6.45) is 3.62. The fourth-order valence-corrected chi connectivity index (χ4v) is 5.09. The van der Waals surface area contributed by atoms with Crippen LogP contribution in [-0.4, -0.2) is 49.8 Å². The smallest absolute Gasteiger partial charge is 0.312 e. The monoisotopic (exact) mass is 456 g/mol. The summed E-state index contributed by atoms with van der Waals surface area (Å²) in [6.45, 7) is 6.82. The maximum atomic E-state index is 13.5. The number of fused-ring (bicyclic) bond motifs is 3. The molecule has 2 aromatic heterocycles. The molecule has 0 saturated carbocycles. The van der Waals surface area contributed by atoms with E-state index in [4.69, 9.17) is 16.6 Å². The lowest BCUT2D eigenvalue weighted by Gasteiger charge is -2.33. The molecule has 170 valence electrons. The summed E-state index contributed by atoms with van der Waals surface area (Å²) < 4.78 is 4.89. The van der Waals surface area contributed by atoms with E-state index < -0.39 is 0 Å². The molecular weight excluding hydrogens is 428 g/mol. The Labute approximate surface area is 191 Å². The number of anilines is 2. The number of benzene rings is 1. The zero-order valence-corrected chi connectivity index (χ0v) is 19.4. The van der Waals surface area contributed by atoms with E-state index in [-0.39, 0.29) is 11.2 Å². The third-order valence-electron chi connectivity index (χ3n) is 6.67. The Morgan fingerprint density at radius 2 is 1.75 bits per heavy atom. The molecule has 2 aliphatic rings.